The molecule has 1 rings (SSSR count). The molecule has 16 heavy (non-hydrogen) atoms. The molecular formula is C14H21BrO. The van der Waals surface area contributed by atoms with Crippen molar-refractivity contribution in [2.24, 2.45) is 0 Å². The van der Waals surface area contributed by atoms with E-state index >= 15 is 0 Å². The lowest BCUT2D eigenvalue weighted by Gasteiger charge is -2.14. The van der Waals surface area contributed by atoms with Crippen LogP contribution < -0.4 is 0 Å². The van der Waals surface area contributed by atoms with Crippen molar-refractivity contribution in [2.45, 2.75) is 52.4 Å². The third-order valence-electron chi connectivity index (χ3n) is 3.14. The van der Waals surface area contributed by atoms with Gasteiger partial charge in [-0.25, -0.2) is 0 Å². The summed E-state index contributed by atoms with van der Waals surface area (Å²) in [5.41, 5.74) is 2.26. The maximum absolute atomic E-state index is 10.00. The SMILES string of the molecule is CCCCc1cc(O)c(C(C)CC)cc1Br. The minimum Gasteiger partial charge on any atom is -0.508 e. The van der Waals surface area contributed by atoms with Gasteiger partial charge in [0.1, 0.15) is 5.75 Å². The van der Waals surface area contributed by atoms with Gasteiger partial charge in [0, 0.05) is 4.47 Å². The molecule has 0 heterocycles. The van der Waals surface area contributed by atoms with Crippen LogP contribution in [0.2, 0.25) is 0 Å². The number of rotatable bonds is 5. The number of phenolic OH excluding ortho intramolecular Hbond substituents is 1. The molecule has 1 unspecified atom stereocenters. The lowest BCUT2D eigenvalue weighted by molar-refractivity contribution is 0.460. The Kier molecular flexibility index (Phi) is 5.33. The van der Waals surface area contributed by atoms with Crippen LogP contribution in [0, 0.1) is 0 Å². The fourth-order valence-electron chi connectivity index (χ4n) is 1.79. The van der Waals surface area contributed by atoms with Crippen LogP contribution in [0.15, 0.2) is 16.6 Å². The van der Waals surface area contributed by atoms with Crippen LogP contribution in [-0.2, 0) is 6.42 Å². The van der Waals surface area contributed by atoms with Crippen LogP contribution >= 0.6 is 15.9 Å². The van der Waals surface area contributed by atoms with Gasteiger partial charge in [-0.05, 0) is 48.4 Å². The van der Waals surface area contributed by atoms with Crippen LogP contribution in [-0.4, -0.2) is 5.11 Å². The van der Waals surface area contributed by atoms with Gasteiger partial charge in [0.05, 0.1) is 0 Å². The van der Waals surface area contributed by atoms with Crippen molar-refractivity contribution in [2.75, 3.05) is 0 Å². The van der Waals surface area contributed by atoms with Crippen molar-refractivity contribution in [1.82, 2.24) is 0 Å². The molecule has 0 bridgehead atoms. The van der Waals surface area contributed by atoms with E-state index in [9.17, 15) is 5.11 Å². The van der Waals surface area contributed by atoms with E-state index in [0.717, 1.165) is 22.9 Å². The number of halogens is 1. The molecule has 0 aromatic heterocycles. The Labute approximate surface area is 107 Å². The molecule has 1 N–H and O–H groups in total. The third-order valence-corrected chi connectivity index (χ3v) is 3.88. The monoisotopic (exact) mass is 284 g/mol. The molecule has 0 aliphatic carbocycles. The molecule has 0 radical (unpaired) electrons. The van der Waals surface area contributed by atoms with Gasteiger partial charge in [0.25, 0.3) is 0 Å². The fraction of sp³-hybridized carbons (Fsp3) is 0.571. The van der Waals surface area contributed by atoms with Crippen LogP contribution in [0.1, 0.15) is 57.1 Å². The normalized spacial score (nSPS) is 12.8. The molecule has 0 fully saturated rings. The molecule has 0 aliphatic heterocycles. The molecular weight excluding hydrogens is 264 g/mol. The van der Waals surface area contributed by atoms with Gasteiger partial charge in [-0.3, -0.25) is 0 Å². The second-order valence-corrected chi connectivity index (χ2v) is 5.27. The molecule has 0 saturated carbocycles. The highest BCUT2D eigenvalue weighted by Crippen LogP contribution is 2.33. The second-order valence-electron chi connectivity index (χ2n) is 4.42. The third kappa shape index (κ3) is 3.24. The zero-order valence-electron chi connectivity index (χ0n) is 10.4. The number of phenols is 1. The summed E-state index contributed by atoms with van der Waals surface area (Å²) >= 11 is 3.60. The first-order valence-electron chi connectivity index (χ1n) is 6.11. The molecule has 1 atom stereocenters. The van der Waals surface area contributed by atoms with E-state index in [-0.39, 0.29) is 0 Å². The molecule has 2 heteroatoms. The average molecular weight is 285 g/mol. The molecule has 90 valence electrons. The van der Waals surface area contributed by atoms with E-state index in [1.54, 1.807) is 0 Å². The van der Waals surface area contributed by atoms with E-state index in [1.165, 1.54) is 18.4 Å². The molecule has 0 spiro atoms. The topological polar surface area (TPSA) is 20.2 Å². The van der Waals surface area contributed by atoms with Gasteiger partial charge >= 0.3 is 0 Å². The summed E-state index contributed by atoms with van der Waals surface area (Å²) in [6.45, 7) is 6.47. The van der Waals surface area contributed by atoms with E-state index < -0.39 is 0 Å². The first-order chi connectivity index (χ1) is 7.60. The minimum absolute atomic E-state index is 0.413. The minimum atomic E-state index is 0.413. The largest absolute Gasteiger partial charge is 0.508 e. The van der Waals surface area contributed by atoms with E-state index in [2.05, 4.69) is 42.8 Å². The molecule has 1 aromatic carbocycles. The van der Waals surface area contributed by atoms with Gasteiger partial charge in [0.15, 0.2) is 0 Å². The van der Waals surface area contributed by atoms with Crippen LogP contribution in [0.5, 0.6) is 5.75 Å². The number of aryl methyl sites for hydroxylation is 1. The second kappa shape index (κ2) is 6.29. The Balaban J connectivity index is 2.97. The molecule has 0 amide bonds. The van der Waals surface area contributed by atoms with Gasteiger partial charge in [-0.2, -0.15) is 0 Å². The zero-order valence-corrected chi connectivity index (χ0v) is 12.0. The van der Waals surface area contributed by atoms with Gasteiger partial charge < -0.3 is 5.11 Å². The van der Waals surface area contributed by atoms with E-state index in [0.29, 0.717) is 11.7 Å². The van der Waals surface area contributed by atoms with Crippen LogP contribution in [0.3, 0.4) is 0 Å². The first-order valence-corrected chi connectivity index (χ1v) is 6.90. The van der Waals surface area contributed by atoms with E-state index in [1.807, 2.05) is 6.07 Å². The van der Waals surface area contributed by atoms with Crippen molar-refractivity contribution in [3.63, 3.8) is 0 Å². The molecule has 1 aromatic rings. The van der Waals surface area contributed by atoms with Gasteiger partial charge in [-0.15, -0.1) is 0 Å². The highest BCUT2D eigenvalue weighted by atomic mass is 79.9. The maximum atomic E-state index is 10.00. The van der Waals surface area contributed by atoms with Crippen molar-refractivity contribution in [3.8, 4) is 5.75 Å². The van der Waals surface area contributed by atoms with E-state index in [4.69, 9.17) is 0 Å². The molecule has 0 aliphatic rings. The summed E-state index contributed by atoms with van der Waals surface area (Å²) in [6.07, 6.45) is 4.43. The van der Waals surface area contributed by atoms with Gasteiger partial charge in [-0.1, -0.05) is 43.1 Å². The summed E-state index contributed by atoms with van der Waals surface area (Å²) in [6, 6.07) is 4.00. The Morgan fingerprint density at radius 1 is 1.31 bits per heavy atom. The number of hydrogen-bond donors (Lipinski definition) is 1. The number of hydrogen-bond acceptors (Lipinski definition) is 1. The Morgan fingerprint density at radius 2 is 2.00 bits per heavy atom. The van der Waals surface area contributed by atoms with Crippen molar-refractivity contribution >= 4 is 15.9 Å². The lowest BCUT2D eigenvalue weighted by atomic mass is 9.95. The predicted molar refractivity (Wildman–Crippen MR) is 73.1 cm³/mol. The number of aromatic hydroxyl groups is 1. The number of unbranched alkanes of at least 4 members (excludes halogenated alkanes) is 1. The Hall–Kier alpha value is -0.500. The van der Waals surface area contributed by atoms with Crippen LogP contribution in [0.4, 0.5) is 0 Å². The standard InChI is InChI=1S/C14H21BrO/c1-4-6-7-11-8-14(16)12(9-13(11)15)10(3)5-2/h8-10,16H,4-7H2,1-3H3. The Morgan fingerprint density at radius 3 is 2.56 bits per heavy atom. The highest BCUT2D eigenvalue weighted by molar-refractivity contribution is 9.10. The fourth-order valence-corrected chi connectivity index (χ4v) is 2.35. The summed E-state index contributed by atoms with van der Waals surface area (Å²) < 4.78 is 1.13. The highest BCUT2D eigenvalue weighted by Gasteiger charge is 2.12. The quantitative estimate of drug-likeness (QED) is 0.806. The first kappa shape index (κ1) is 13.6. The summed E-state index contributed by atoms with van der Waals surface area (Å²) in [5.74, 6) is 0.861. The summed E-state index contributed by atoms with van der Waals surface area (Å²) in [7, 11) is 0. The van der Waals surface area contributed by atoms with Crippen molar-refractivity contribution in [3.05, 3.63) is 27.7 Å². The molecule has 1 nitrogen and oxygen atoms in total. The maximum Gasteiger partial charge on any atom is 0.119 e. The lowest BCUT2D eigenvalue weighted by Crippen LogP contribution is -1.95. The molecule has 0 saturated heterocycles. The summed E-state index contributed by atoms with van der Waals surface area (Å²) in [5, 5.41) is 10.00. The van der Waals surface area contributed by atoms with Crippen molar-refractivity contribution in [1.29, 1.82) is 0 Å². The van der Waals surface area contributed by atoms with Crippen LogP contribution in [0.25, 0.3) is 0 Å². The zero-order chi connectivity index (χ0) is 12.1. The Bertz CT molecular complexity index is 347. The predicted octanol–water partition coefficient (Wildman–Crippen LogP) is 5.01. The summed E-state index contributed by atoms with van der Waals surface area (Å²) in [4.78, 5) is 0. The van der Waals surface area contributed by atoms with Crippen molar-refractivity contribution < 1.29 is 5.11 Å². The smallest absolute Gasteiger partial charge is 0.119 e. The van der Waals surface area contributed by atoms with Gasteiger partial charge in [0.2, 0.25) is 0 Å². The average Bonchev–Trinajstić information content (AvgIpc) is 2.28. The number of benzene rings is 1.